The number of amides is 1. The molecule has 0 saturated carbocycles. The summed E-state index contributed by atoms with van der Waals surface area (Å²) in [7, 11) is 0. The molecule has 0 spiro atoms. The highest BCUT2D eigenvalue weighted by Crippen LogP contribution is 2.20. The molecule has 6 heteroatoms. The fourth-order valence-corrected chi connectivity index (χ4v) is 3.29. The molecule has 0 bridgehead atoms. The number of halogens is 1. The summed E-state index contributed by atoms with van der Waals surface area (Å²) in [6, 6.07) is 6.82. The predicted octanol–water partition coefficient (Wildman–Crippen LogP) is 2.21. The first-order chi connectivity index (χ1) is 11.8. The third-order valence-electron chi connectivity index (χ3n) is 4.39. The number of carbonyl (C=O) groups is 2. The zero-order valence-electron chi connectivity index (χ0n) is 15.3. The average molecular weight is 349 g/mol. The second kappa shape index (κ2) is 8.43. The number of Topliss-reactive ketones (excluding diaryl/α,β-unsaturated/α-hetero) is 1. The number of para-hydroxylation sites is 1. The topological polar surface area (TPSA) is 52.7 Å². The number of ketones is 1. The molecule has 5 nitrogen and oxygen atoms in total. The van der Waals surface area contributed by atoms with Gasteiger partial charge in [-0.05, 0) is 32.9 Å². The van der Waals surface area contributed by atoms with E-state index in [2.05, 4.69) is 10.2 Å². The van der Waals surface area contributed by atoms with Crippen LogP contribution in [0.3, 0.4) is 0 Å². The third kappa shape index (κ3) is 6.12. The van der Waals surface area contributed by atoms with Gasteiger partial charge >= 0.3 is 0 Å². The van der Waals surface area contributed by atoms with Crippen LogP contribution in [0.25, 0.3) is 0 Å². The molecule has 0 radical (unpaired) electrons. The molecule has 1 fully saturated rings. The van der Waals surface area contributed by atoms with Gasteiger partial charge in [0, 0.05) is 51.1 Å². The Morgan fingerprint density at radius 3 is 2.40 bits per heavy atom. The maximum absolute atomic E-state index is 13.8. The molecule has 0 atom stereocenters. The van der Waals surface area contributed by atoms with Crippen molar-refractivity contribution in [3.05, 3.63) is 30.1 Å². The van der Waals surface area contributed by atoms with E-state index in [4.69, 9.17) is 0 Å². The van der Waals surface area contributed by atoms with Crippen molar-refractivity contribution in [3.8, 4) is 0 Å². The number of nitrogens with zero attached hydrogens (tertiary/aromatic N) is 2. The van der Waals surface area contributed by atoms with Gasteiger partial charge in [-0.25, -0.2) is 4.39 Å². The fraction of sp³-hybridized carbons (Fsp3) is 0.579. The molecule has 0 aromatic heterocycles. The molecule has 1 heterocycles. The van der Waals surface area contributed by atoms with Crippen molar-refractivity contribution in [3.63, 3.8) is 0 Å². The first-order valence-corrected chi connectivity index (χ1v) is 8.79. The van der Waals surface area contributed by atoms with Gasteiger partial charge in [-0.15, -0.1) is 0 Å². The number of hydrogen-bond donors (Lipinski definition) is 1. The molecule has 1 aromatic rings. The van der Waals surface area contributed by atoms with E-state index < -0.39 is 5.54 Å². The Bertz CT molecular complexity index is 610. The highest BCUT2D eigenvalue weighted by molar-refractivity contribution is 5.80. The SMILES string of the molecule is CC(=O)CC(C)(C)NC(=O)CCN1CCN(c2ccccc2F)CC1. The van der Waals surface area contributed by atoms with Crippen molar-refractivity contribution in [2.75, 3.05) is 37.6 Å². The number of hydrogen-bond acceptors (Lipinski definition) is 4. The summed E-state index contributed by atoms with van der Waals surface area (Å²) in [6.45, 7) is 9.03. The Hall–Kier alpha value is -1.95. The first-order valence-electron chi connectivity index (χ1n) is 8.79. The van der Waals surface area contributed by atoms with Crippen LogP contribution >= 0.6 is 0 Å². The van der Waals surface area contributed by atoms with E-state index in [-0.39, 0.29) is 17.5 Å². The van der Waals surface area contributed by atoms with Crippen molar-refractivity contribution >= 4 is 17.4 Å². The van der Waals surface area contributed by atoms with E-state index in [0.717, 1.165) is 26.2 Å². The van der Waals surface area contributed by atoms with Gasteiger partial charge in [0.25, 0.3) is 0 Å². The van der Waals surface area contributed by atoms with E-state index in [1.807, 2.05) is 24.8 Å². The van der Waals surface area contributed by atoms with E-state index in [1.54, 1.807) is 12.1 Å². The Kier molecular flexibility index (Phi) is 6.53. The van der Waals surface area contributed by atoms with E-state index >= 15 is 0 Å². The molecule has 1 aliphatic rings. The van der Waals surface area contributed by atoms with Crippen LogP contribution in [0.15, 0.2) is 24.3 Å². The van der Waals surface area contributed by atoms with Crippen LogP contribution in [0.2, 0.25) is 0 Å². The molecule has 0 aliphatic carbocycles. The molecule has 1 aliphatic heterocycles. The standard InChI is InChI=1S/C19H28FN3O2/c1-15(24)14-19(2,3)21-18(25)8-9-22-10-12-23(13-11-22)17-7-5-4-6-16(17)20/h4-7H,8-14H2,1-3H3,(H,21,25). The third-order valence-corrected chi connectivity index (χ3v) is 4.39. The van der Waals surface area contributed by atoms with E-state index in [1.165, 1.54) is 13.0 Å². The smallest absolute Gasteiger partial charge is 0.221 e. The monoisotopic (exact) mass is 349 g/mol. The maximum Gasteiger partial charge on any atom is 0.221 e. The second-order valence-corrected chi connectivity index (χ2v) is 7.34. The molecule has 138 valence electrons. The number of anilines is 1. The number of benzene rings is 1. The number of piperazine rings is 1. The Labute approximate surface area is 149 Å². The van der Waals surface area contributed by atoms with Gasteiger partial charge < -0.3 is 10.2 Å². The van der Waals surface area contributed by atoms with Gasteiger partial charge in [-0.3, -0.25) is 14.5 Å². The minimum Gasteiger partial charge on any atom is -0.367 e. The number of nitrogens with one attached hydrogen (secondary N) is 1. The maximum atomic E-state index is 13.8. The normalized spacial score (nSPS) is 15.9. The van der Waals surface area contributed by atoms with Crippen LogP contribution in [0.4, 0.5) is 10.1 Å². The zero-order valence-corrected chi connectivity index (χ0v) is 15.3. The van der Waals surface area contributed by atoms with Crippen molar-refractivity contribution in [2.45, 2.75) is 39.2 Å². The van der Waals surface area contributed by atoms with Gasteiger partial charge in [0.1, 0.15) is 11.6 Å². The average Bonchev–Trinajstić information content (AvgIpc) is 2.52. The number of rotatable bonds is 7. The predicted molar refractivity (Wildman–Crippen MR) is 97.2 cm³/mol. The highest BCUT2D eigenvalue weighted by Gasteiger charge is 2.23. The summed E-state index contributed by atoms with van der Waals surface area (Å²) in [5.74, 6) is -0.166. The van der Waals surface area contributed by atoms with Crippen LogP contribution in [0.1, 0.15) is 33.6 Å². The summed E-state index contributed by atoms with van der Waals surface area (Å²) in [6.07, 6.45) is 0.737. The fourth-order valence-electron chi connectivity index (χ4n) is 3.29. The molecular formula is C19H28FN3O2. The van der Waals surface area contributed by atoms with Crippen molar-refractivity contribution in [1.29, 1.82) is 0 Å². The molecule has 0 unspecified atom stereocenters. The summed E-state index contributed by atoms with van der Waals surface area (Å²) in [4.78, 5) is 27.6. The largest absolute Gasteiger partial charge is 0.367 e. The molecule has 1 saturated heterocycles. The number of carbonyl (C=O) groups excluding carboxylic acids is 2. The van der Waals surface area contributed by atoms with Gasteiger partial charge in [0.2, 0.25) is 5.91 Å². The van der Waals surface area contributed by atoms with Crippen molar-refractivity contribution in [1.82, 2.24) is 10.2 Å². The summed E-state index contributed by atoms with van der Waals surface area (Å²) in [5.41, 5.74) is 0.137. The van der Waals surface area contributed by atoms with Gasteiger partial charge in [-0.2, -0.15) is 0 Å². The van der Waals surface area contributed by atoms with Gasteiger partial charge in [0.05, 0.1) is 5.69 Å². The van der Waals surface area contributed by atoms with Crippen molar-refractivity contribution in [2.24, 2.45) is 0 Å². The lowest BCUT2D eigenvalue weighted by molar-refractivity contribution is -0.124. The Morgan fingerprint density at radius 1 is 1.16 bits per heavy atom. The highest BCUT2D eigenvalue weighted by atomic mass is 19.1. The summed E-state index contributed by atoms with van der Waals surface area (Å²) >= 11 is 0. The summed E-state index contributed by atoms with van der Waals surface area (Å²) in [5, 5.41) is 2.92. The van der Waals surface area contributed by atoms with E-state index in [0.29, 0.717) is 25.1 Å². The molecule has 2 rings (SSSR count). The minimum absolute atomic E-state index is 0.0391. The van der Waals surface area contributed by atoms with Gasteiger partial charge in [0.15, 0.2) is 0 Å². The first kappa shape index (κ1) is 19.4. The molecule has 1 N–H and O–H groups in total. The summed E-state index contributed by atoms with van der Waals surface area (Å²) < 4.78 is 13.8. The molecular weight excluding hydrogens is 321 g/mol. The van der Waals surface area contributed by atoms with E-state index in [9.17, 15) is 14.0 Å². The van der Waals surface area contributed by atoms with Crippen LogP contribution in [0.5, 0.6) is 0 Å². The minimum atomic E-state index is -0.507. The lowest BCUT2D eigenvalue weighted by atomic mass is 9.98. The van der Waals surface area contributed by atoms with Gasteiger partial charge in [-0.1, -0.05) is 12.1 Å². The lowest BCUT2D eigenvalue weighted by Gasteiger charge is -2.36. The van der Waals surface area contributed by atoms with Crippen LogP contribution in [-0.2, 0) is 9.59 Å². The quantitative estimate of drug-likeness (QED) is 0.820. The van der Waals surface area contributed by atoms with Crippen LogP contribution < -0.4 is 10.2 Å². The van der Waals surface area contributed by atoms with Crippen LogP contribution in [-0.4, -0.2) is 54.9 Å². The van der Waals surface area contributed by atoms with Crippen LogP contribution in [0, 0.1) is 5.82 Å². The lowest BCUT2D eigenvalue weighted by Crippen LogP contribution is -2.49. The van der Waals surface area contributed by atoms with Crippen molar-refractivity contribution < 1.29 is 14.0 Å². The Morgan fingerprint density at radius 2 is 1.80 bits per heavy atom. The second-order valence-electron chi connectivity index (χ2n) is 7.34. The molecule has 1 aromatic carbocycles. The molecule has 25 heavy (non-hydrogen) atoms. The Balaban J connectivity index is 1.74. The zero-order chi connectivity index (χ0) is 18.4. The molecule has 1 amide bonds.